The van der Waals surface area contributed by atoms with Crippen molar-refractivity contribution in [1.29, 1.82) is 0 Å². The van der Waals surface area contributed by atoms with Crippen LogP contribution < -0.4 is 0 Å². The van der Waals surface area contributed by atoms with Crippen molar-refractivity contribution in [3.05, 3.63) is 46.0 Å². The van der Waals surface area contributed by atoms with Crippen LogP contribution in [0.5, 0.6) is 0 Å². The molecule has 110 valence electrons. The molecule has 0 aliphatic carbocycles. The van der Waals surface area contributed by atoms with Crippen molar-refractivity contribution in [2.75, 3.05) is 5.88 Å². The molecule has 2 aromatic heterocycles. The zero-order valence-electron chi connectivity index (χ0n) is 11.4. The number of aryl methyl sites for hydroxylation is 2. The first kappa shape index (κ1) is 14.7. The van der Waals surface area contributed by atoms with E-state index < -0.39 is 0 Å². The quantitative estimate of drug-likeness (QED) is 0.673. The fourth-order valence-electron chi connectivity index (χ4n) is 2.34. The molecule has 0 amide bonds. The van der Waals surface area contributed by atoms with Gasteiger partial charge in [0.05, 0.1) is 33.3 Å². The molecule has 0 atom stereocenters. The lowest BCUT2D eigenvalue weighted by Crippen LogP contribution is -2.09. The summed E-state index contributed by atoms with van der Waals surface area (Å²) in [5.74, 6) is 1.43. The molecule has 4 nitrogen and oxygen atoms in total. The second kappa shape index (κ2) is 5.87. The molecule has 0 spiro atoms. The first-order valence-corrected chi connectivity index (χ1v) is 7.76. The molecule has 21 heavy (non-hydrogen) atoms. The van der Waals surface area contributed by atoms with Gasteiger partial charge < -0.3 is 4.57 Å². The summed E-state index contributed by atoms with van der Waals surface area (Å²) in [5.41, 5.74) is 2.86. The summed E-state index contributed by atoms with van der Waals surface area (Å²) in [7, 11) is 1.92. The number of imidazole rings is 1. The Morgan fingerprint density at radius 1 is 1.19 bits per heavy atom. The summed E-state index contributed by atoms with van der Waals surface area (Å²) < 4.78 is 3.95. The average Bonchev–Trinajstić information content (AvgIpc) is 2.98. The predicted molar refractivity (Wildman–Crippen MR) is 86.5 cm³/mol. The van der Waals surface area contributed by atoms with Gasteiger partial charge in [0.1, 0.15) is 5.82 Å². The number of benzene rings is 1. The molecule has 0 saturated carbocycles. The minimum Gasteiger partial charge on any atom is -0.322 e. The number of rotatable bonds is 4. The number of hydrogen-bond acceptors (Lipinski definition) is 2. The van der Waals surface area contributed by atoms with Crippen molar-refractivity contribution in [2.45, 2.75) is 13.0 Å². The van der Waals surface area contributed by atoms with Gasteiger partial charge in [-0.15, -0.1) is 11.6 Å². The van der Waals surface area contributed by atoms with Gasteiger partial charge in [0, 0.05) is 25.5 Å². The number of hydrogen-bond donors (Lipinski definition) is 0. The van der Waals surface area contributed by atoms with Gasteiger partial charge in [-0.1, -0.05) is 23.2 Å². The van der Waals surface area contributed by atoms with Gasteiger partial charge in [-0.2, -0.15) is 5.10 Å². The highest BCUT2D eigenvalue weighted by Crippen LogP contribution is 2.29. The summed E-state index contributed by atoms with van der Waals surface area (Å²) in [6.45, 7) is 0.664. The third-order valence-corrected chi connectivity index (χ3v) is 4.34. The second-order valence-electron chi connectivity index (χ2n) is 4.75. The van der Waals surface area contributed by atoms with Crippen molar-refractivity contribution in [1.82, 2.24) is 19.3 Å². The number of halogens is 3. The summed E-state index contributed by atoms with van der Waals surface area (Å²) >= 11 is 18.1. The van der Waals surface area contributed by atoms with Crippen LogP contribution in [-0.2, 0) is 20.0 Å². The van der Waals surface area contributed by atoms with Gasteiger partial charge in [-0.3, -0.25) is 4.68 Å². The van der Waals surface area contributed by atoms with E-state index in [1.54, 1.807) is 12.3 Å². The first-order chi connectivity index (χ1) is 10.1. The molecule has 3 rings (SSSR count). The van der Waals surface area contributed by atoms with E-state index in [4.69, 9.17) is 34.8 Å². The van der Waals surface area contributed by atoms with E-state index in [9.17, 15) is 0 Å². The highest BCUT2D eigenvalue weighted by atomic mass is 35.5. The third kappa shape index (κ3) is 2.76. The van der Waals surface area contributed by atoms with Crippen LogP contribution in [0.3, 0.4) is 0 Å². The zero-order chi connectivity index (χ0) is 15.0. The smallest absolute Gasteiger partial charge is 0.111 e. The van der Waals surface area contributed by atoms with Gasteiger partial charge in [0.15, 0.2) is 0 Å². The fraction of sp³-hybridized carbons (Fsp3) is 0.286. The maximum absolute atomic E-state index is 6.14. The van der Waals surface area contributed by atoms with Gasteiger partial charge in [-0.05, 0) is 18.2 Å². The van der Waals surface area contributed by atoms with E-state index in [2.05, 4.69) is 14.6 Å². The van der Waals surface area contributed by atoms with E-state index in [1.807, 2.05) is 23.9 Å². The number of alkyl halides is 1. The highest BCUT2D eigenvalue weighted by molar-refractivity contribution is 6.42. The average molecular weight is 344 g/mol. The number of aromatic nitrogens is 4. The van der Waals surface area contributed by atoms with Gasteiger partial charge in [0.2, 0.25) is 0 Å². The molecule has 0 fully saturated rings. The van der Waals surface area contributed by atoms with Crippen LogP contribution in [0.25, 0.3) is 11.0 Å². The molecule has 0 N–H and O–H groups in total. The normalized spacial score (nSPS) is 11.4. The van der Waals surface area contributed by atoms with Crippen molar-refractivity contribution in [3.8, 4) is 0 Å². The van der Waals surface area contributed by atoms with Crippen LogP contribution in [0.15, 0.2) is 24.4 Å². The molecule has 0 bridgehead atoms. The Morgan fingerprint density at radius 2 is 1.95 bits per heavy atom. The maximum Gasteiger partial charge on any atom is 0.111 e. The minimum absolute atomic E-state index is 0.506. The Balaban J connectivity index is 2.15. The zero-order valence-corrected chi connectivity index (χ0v) is 13.6. The first-order valence-electron chi connectivity index (χ1n) is 6.47. The number of nitrogens with zero attached hydrogens (tertiary/aromatic N) is 4. The summed E-state index contributed by atoms with van der Waals surface area (Å²) in [6, 6.07) is 5.62. The van der Waals surface area contributed by atoms with Crippen LogP contribution >= 0.6 is 34.8 Å². The molecule has 2 heterocycles. The Morgan fingerprint density at radius 3 is 2.62 bits per heavy atom. The summed E-state index contributed by atoms with van der Waals surface area (Å²) in [4.78, 5) is 4.62. The Labute approximate surface area is 137 Å². The monoisotopic (exact) mass is 342 g/mol. The lowest BCUT2D eigenvalue weighted by atomic mass is 10.3. The molecular formula is C14H13Cl3N4. The lowest BCUT2D eigenvalue weighted by Gasteiger charge is -2.09. The van der Waals surface area contributed by atoms with Crippen LogP contribution in [0.2, 0.25) is 10.0 Å². The standard InChI is InChI=1S/C14H13Cl3N4/c1-20-9(3-5-18-20)8-21-13-7-11(17)10(16)6-12(13)19-14(21)2-4-15/h3,5-7H,2,4,8H2,1H3. The Hall–Kier alpha value is -1.23. The molecule has 0 aliphatic rings. The van der Waals surface area contributed by atoms with Crippen molar-refractivity contribution in [2.24, 2.45) is 7.05 Å². The van der Waals surface area contributed by atoms with E-state index >= 15 is 0 Å². The van der Waals surface area contributed by atoms with Crippen molar-refractivity contribution >= 4 is 45.8 Å². The fourth-order valence-corrected chi connectivity index (χ4v) is 2.83. The van der Waals surface area contributed by atoms with E-state index in [-0.39, 0.29) is 0 Å². The van der Waals surface area contributed by atoms with Crippen molar-refractivity contribution in [3.63, 3.8) is 0 Å². The lowest BCUT2D eigenvalue weighted by molar-refractivity contribution is 0.657. The molecule has 1 aromatic carbocycles. The SMILES string of the molecule is Cn1nccc1Cn1c(CCCl)nc2cc(Cl)c(Cl)cc21. The minimum atomic E-state index is 0.506. The van der Waals surface area contributed by atoms with Crippen LogP contribution in [0, 0.1) is 0 Å². The molecule has 0 radical (unpaired) electrons. The van der Waals surface area contributed by atoms with Gasteiger partial charge in [-0.25, -0.2) is 4.98 Å². The number of fused-ring (bicyclic) bond motifs is 1. The van der Waals surface area contributed by atoms with E-state index in [1.165, 1.54) is 0 Å². The highest BCUT2D eigenvalue weighted by Gasteiger charge is 2.14. The molecule has 0 unspecified atom stereocenters. The molecule has 0 saturated heterocycles. The van der Waals surface area contributed by atoms with E-state index in [0.29, 0.717) is 28.9 Å². The van der Waals surface area contributed by atoms with Crippen LogP contribution in [-0.4, -0.2) is 25.2 Å². The predicted octanol–water partition coefficient (Wildman–Crippen LogP) is 3.91. The maximum atomic E-state index is 6.14. The molecule has 7 heteroatoms. The molecule has 3 aromatic rings. The Bertz CT molecular complexity index is 791. The van der Waals surface area contributed by atoms with Crippen LogP contribution in [0.1, 0.15) is 11.5 Å². The summed E-state index contributed by atoms with van der Waals surface area (Å²) in [5, 5.41) is 5.22. The Kier molecular flexibility index (Phi) is 4.11. The molecule has 0 aliphatic heterocycles. The van der Waals surface area contributed by atoms with E-state index in [0.717, 1.165) is 22.6 Å². The van der Waals surface area contributed by atoms with Gasteiger partial charge in [0.25, 0.3) is 0 Å². The van der Waals surface area contributed by atoms with Crippen LogP contribution in [0.4, 0.5) is 0 Å². The second-order valence-corrected chi connectivity index (χ2v) is 5.95. The molecular weight excluding hydrogens is 331 g/mol. The largest absolute Gasteiger partial charge is 0.322 e. The van der Waals surface area contributed by atoms with Crippen molar-refractivity contribution < 1.29 is 0 Å². The topological polar surface area (TPSA) is 35.6 Å². The van der Waals surface area contributed by atoms with Gasteiger partial charge >= 0.3 is 0 Å². The third-order valence-electron chi connectivity index (χ3n) is 3.43. The summed E-state index contributed by atoms with van der Waals surface area (Å²) in [6.07, 6.45) is 2.46.